The summed E-state index contributed by atoms with van der Waals surface area (Å²) in [6.07, 6.45) is 5.41. The van der Waals surface area contributed by atoms with Crippen molar-refractivity contribution in [3.8, 4) is 11.8 Å². The standard InChI is InChI=1S/C15H19N3O2/c1-18(11-14-5-3-7-20-14)15(19)13-8-12(4-2-6-16)9-17-10-13/h8-10,14H,3,5-7,11,16H2,1H3. The van der Waals surface area contributed by atoms with Crippen molar-refractivity contribution >= 4 is 5.91 Å². The summed E-state index contributed by atoms with van der Waals surface area (Å²) in [5.74, 6) is 5.56. The van der Waals surface area contributed by atoms with E-state index in [2.05, 4.69) is 16.8 Å². The van der Waals surface area contributed by atoms with Gasteiger partial charge in [0.25, 0.3) is 5.91 Å². The Kier molecular flexibility index (Phi) is 5.10. The van der Waals surface area contributed by atoms with Crippen LogP contribution in [0.1, 0.15) is 28.8 Å². The first-order chi connectivity index (χ1) is 9.70. The maximum atomic E-state index is 12.3. The molecule has 1 aromatic heterocycles. The molecule has 1 atom stereocenters. The molecule has 1 saturated heterocycles. The highest BCUT2D eigenvalue weighted by Crippen LogP contribution is 2.14. The van der Waals surface area contributed by atoms with Gasteiger partial charge in [-0.25, -0.2) is 0 Å². The minimum absolute atomic E-state index is 0.0654. The second kappa shape index (κ2) is 7.04. The molecule has 20 heavy (non-hydrogen) atoms. The Morgan fingerprint density at radius 3 is 3.15 bits per heavy atom. The van der Waals surface area contributed by atoms with Gasteiger partial charge in [0.05, 0.1) is 18.2 Å². The van der Waals surface area contributed by atoms with Crippen molar-refractivity contribution in [3.05, 3.63) is 29.6 Å². The van der Waals surface area contributed by atoms with Crippen LogP contribution in [0, 0.1) is 11.8 Å². The van der Waals surface area contributed by atoms with E-state index in [1.165, 1.54) is 0 Å². The topological polar surface area (TPSA) is 68.5 Å². The second-order valence-electron chi connectivity index (χ2n) is 4.79. The van der Waals surface area contributed by atoms with Gasteiger partial charge < -0.3 is 15.4 Å². The average Bonchev–Trinajstić information content (AvgIpc) is 2.97. The lowest BCUT2D eigenvalue weighted by atomic mass is 10.1. The molecule has 1 fully saturated rings. The molecule has 2 heterocycles. The van der Waals surface area contributed by atoms with E-state index in [0.29, 0.717) is 17.7 Å². The summed E-state index contributed by atoms with van der Waals surface area (Å²) in [7, 11) is 1.78. The molecule has 0 aliphatic carbocycles. The number of carbonyl (C=O) groups excluding carboxylic acids is 1. The minimum atomic E-state index is -0.0654. The lowest BCUT2D eigenvalue weighted by Gasteiger charge is -2.20. The number of rotatable bonds is 3. The monoisotopic (exact) mass is 273 g/mol. The highest BCUT2D eigenvalue weighted by atomic mass is 16.5. The Labute approximate surface area is 119 Å². The molecular weight excluding hydrogens is 254 g/mol. The average molecular weight is 273 g/mol. The predicted octanol–water partition coefficient (Wildman–Crippen LogP) is 0.643. The van der Waals surface area contributed by atoms with E-state index in [1.807, 2.05) is 0 Å². The molecule has 0 aromatic carbocycles. The van der Waals surface area contributed by atoms with E-state index in [9.17, 15) is 4.79 Å². The first kappa shape index (κ1) is 14.5. The number of nitrogens with zero attached hydrogens (tertiary/aromatic N) is 2. The van der Waals surface area contributed by atoms with Gasteiger partial charge in [0.2, 0.25) is 0 Å². The first-order valence-electron chi connectivity index (χ1n) is 6.71. The molecule has 5 nitrogen and oxygen atoms in total. The zero-order chi connectivity index (χ0) is 14.4. The number of amides is 1. The molecular formula is C15H19N3O2. The normalized spacial score (nSPS) is 17.4. The van der Waals surface area contributed by atoms with Crippen LogP contribution in [0.4, 0.5) is 0 Å². The van der Waals surface area contributed by atoms with Gasteiger partial charge in [-0.2, -0.15) is 0 Å². The molecule has 0 spiro atoms. The van der Waals surface area contributed by atoms with Crippen molar-refractivity contribution in [2.75, 3.05) is 26.7 Å². The number of likely N-dealkylation sites (N-methyl/N-ethyl adjacent to an activating group) is 1. The summed E-state index contributed by atoms with van der Waals surface area (Å²) >= 11 is 0. The third kappa shape index (κ3) is 3.80. The summed E-state index contributed by atoms with van der Waals surface area (Å²) in [4.78, 5) is 18.0. The number of pyridine rings is 1. The Hall–Kier alpha value is -1.90. The molecule has 0 saturated carbocycles. The van der Waals surface area contributed by atoms with Crippen molar-refractivity contribution in [2.24, 2.45) is 5.73 Å². The van der Waals surface area contributed by atoms with E-state index in [0.717, 1.165) is 19.4 Å². The van der Waals surface area contributed by atoms with Crippen LogP contribution in [-0.2, 0) is 4.74 Å². The van der Waals surface area contributed by atoms with E-state index in [1.54, 1.807) is 30.4 Å². The van der Waals surface area contributed by atoms with Crippen LogP contribution in [0.25, 0.3) is 0 Å². The number of aromatic nitrogens is 1. The highest BCUT2D eigenvalue weighted by molar-refractivity contribution is 5.94. The highest BCUT2D eigenvalue weighted by Gasteiger charge is 2.21. The maximum absolute atomic E-state index is 12.3. The number of carbonyl (C=O) groups is 1. The Morgan fingerprint density at radius 2 is 2.45 bits per heavy atom. The maximum Gasteiger partial charge on any atom is 0.255 e. The minimum Gasteiger partial charge on any atom is -0.376 e. The Balaban J connectivity index is 2.03. The van der Waals surface area contributed by atoms with Crippen molar-refractivity contribution in [1.29, 1.82) is 0 Å². The van der Waals surface area contributed by atoms with Crippen LogP contribution in [0.2, 0.25) is 0 Å². The van der Waals surface area contributed by atoms with E-state index >= 15 is 0 Å². The van der Waals surface area contributed by atoms with Crippen LogP contribution in [0.3, 0.4) is 0 Å². The smallest absolute Gasteiger partial charge is 0.255 e. The summed E-state index contributed by atoms with van der Waals surface area (Å²) in [5, 5.41) is 0. The van der Waals surface area contributed by atoms with Crippen LogP contribution < -0.4 is 5.73 Å². The molecule has 1 aromatic rings. The Bertz CT molecular complexity index is 527. The summed E-state index contributed by atoms with van der Waals surface area (Å²) < 4.78 is 5.54. The van der Waals surface area contributed by atoms with Gasteiger partial charge in [-0.1, -0.05) is 11.8 Å². The third-order valence-electron chi connectivity index (χ3n) is 3.17. The third-order valence-corrected chi connectivity index (χ3v) is 3.17. The SMILES string of the molecule is CN(CC1CCCO1)C(=O)c1cncc(C#CCN)c1. The molecule has 1 unspecified atom stereocenters. The van der Waals surface area contributed by atoms with Crippen molar-refractivity contribution in [2.45, 2.75) is 18.9 Å². The van der Waals surface area contributed by atoms with Gasteiger partial charge >= 0.3 is 0 Å². The molecule has 2 rings (SSSR count). The fraction of sp³-hybridized carbons (Fsp3) is 0.467. The van der Waals surface area contributed by atoms with Crippen LogP contribution in [-0.4, -0.2) is 48.6 Å². The lowest BCUT2D eigenvalue weighted by Crippen LogP contribution is -2.34. The molecule has 1 aliphatic rings. The fourth-order valence-electron chi connectivity index (χ4n) is 2.18. The van der Waals surface area contributed by atoms with Crippen LogP contribution in [0.5, 0.6) is 0 Å². The quantitative estimate of drug-likeness (QED) is 0.821. The van der Waals surface area contributed by atoms with Crippen molar-refractivity contribution in [1.82, 2.24) is 9.88 Å². The molecule has 1 aliphatic heterocycles. The van der Waals surface area contributed by atoms with E-state index in [-0.39, 0.29) is 18.6 Å². The number of nitrogens with two attached hydrogens (primary N) is 1. The van der Waals surface area contributed by atoms with Gasteiger partial charge in [0.15, 0.2) is 0 Å². The molecule has 0 radical (unpaired) electrons. The molecule has 0 bridgehead atoms. The van der Waals surface area contributed by atoms with Gasteiger partial charge in [-0.3, -0.25) is 9.78 Å². The Morgan fingerprint density at radius 1 is 1.60 bits per heavy atom. The zero-order valence-electron chi connectivity index (χ0n) is 11.6. The van der Waals surface area contributed by atoms with Crippen molar-refractivity contribution < 1.29 is 9.53 Å². The zero-order valence-corrected chi connectivity index (χ0v) is 11.6. The fourth-order valence-corrected chi connectivity index (χ4v) is 2.18. The summed E-state index contributed by atoms with van der Waals surface area (Å²) in [5.41, 5.74) is 6.57. The van der Waals surface area contributed by atoms with Crippen LogP contribution in [0.15, 0.2) is 18.5 Å². The van der Waals surface area contributed by atoms with E-state index in [4.69, 9.17) is 10.5 Å². The van der Waals surface area contributed by atoms with Gasteiger partial charge in [-0.15, -0.1) is 0 Å². The first-order valence-corrected chi connectivity index (χ1v) is 6.71. The predicted molar refractivity (Wildman–Crippen MR) is 76.1 cm³/mol. The molecule has 2 N–H and O–H groups in total. The molecule has 5 heteroatoms. The molecule has 1 amide bonds. The number of hydrogen-bond donors (Lipinski definition) is 1. The summed E-state index contributed by atoms with van der Waals surface area (Å²) in [6, 6.07) is 1.74. The summed E-state index contributed by atoms with van der Waals surface area (Å²) in [6.45, 7) is 1.69. The van der Waals surface area contributed by atoms with Gasteiger partial charge in [-0.05, 0) is 18.9 Å². The van der Waals surface area contributed by atoms with Gasteiger partial charge in [0, 0.05) is 38.2 Å². The molecule has 106 valence electrons. The van der Waals surface area contributed by atoms with Crippen LogP contribution >= 0.6 is 0 Å². The van der Waals surface area contributed by atoms with Gasteiger partial charge in [0.1, 0.15) is 0 Å². The van der Waals surface area contributed by atoms with E-state index < -0.39 is 0 Å². The second-order valence-corrected chi connectivity index (χ2v) is 4.79. The number of hydrogen-bond acceptors (Lipinski definition) is 4. The van der Waals surface area contributed by atoms with Crippen molar-refractivity contribution in [3.63, 3.8) is 0 Å². The lowest BCUT2D eigenvalue weighted by molar-refractivity contribution is 0.0586. The largest absolute Gasteiger partial charge is 0.376 e. The number of ether oxygens (including phenoxy) is 1.